The summed E-state index contributed by atoms with van der Waals surface area (Å²) in [6.07, 6.45) is 7.63. The summed E-state index contributed by atoms with van der Waals surface area (Å²) in [4.78, 5) is 0. The molecule has 0 amide bonds. The Morgan fingerprint density at radius 3 is 2.50 bits per heavy atom. The molecule has 0 aliphatic carbocycles. The lowest BCUT2D eigenvalue weighted by atomic mass is 9.99. The molecule has 0 aromatic heterocycles. The Balaban J connectivity index is 3.27. The van der Waals surface area contributed by atoms with Crippen molar-refractivity contribution in [1.82, 2.24) is 0 Å². The topological polar surface area (TPSA) is 20.2 Å². The van der Waals surface area contributed by atoms with Crippen molar-refractivity contribution in [3.8, 4) is 12.3 Å². The van der Waals surface area contributed by atoms with E-state index in [2.05, 4.69) is 12.8 Å². The molecule has 10 heavy (non-hydrogen) atoms. The monoisotopic (exact) mass is 140 g/mol. The Labute approximate surface area is 63.5 Å². The lowest BCUT2D eigenvalue weighted by Gasteiger charge is -2.10. The highest BCUT2D eigenvalue weighted by Gasteiger charge is 2.03. The van der Waals surface area contributed by atoms with Crippen LogP contribution >= 0.6 is 0 Å². The van der Waals surface area contributed by atoms with E-state index in [1.807, 2.05) is 6.92 Å². The summed E-state index contributed by atoms with van der Waals surface area (Å²) in [6, 6.07) is 0. The molecule has 1 N–H and O–H groups in total. The van der Waals surface area contributed by atoms with Crippen LogP contribution in [-0.2, 0) is 0 Å². The molecule has 1 heteroatoms. The second-order valence-corrected chi connectivity index (χ2v) is 2.93. The predicted molar refractivity (Wildman–Crippen MR) is 43.5 cm³/mol. The molecule has 0 aliphatic rings. The SMILES string of the molecule is C#CCCC(C)CC(C)O. The van der Waals surface area contributed by atoms with Crippen LogP contribution in [0.25, 0.3) is 0 Å². The maximum atomic E-state index is 8.97. The smallest absolute Gasteiger partial charge is 0.0514 e. The van der Waals surface area contributed by atoms with Gasteiger partial charge in [0.25, 0.3) is 0 Å². The van der Waals surface area contributed by atoms with Gasteiger partial charge in [-0.1, -0.05) is 6.92 Å². The largest absolute Gasteiger partial charge is 0.393 e. The first kappa shape index (κ1) is 9.52. The van der Waals surface area contributed by atoms with E-state index in [0.717, 1.165) is 19.3 Å². The maximum absolute atomic E-state index is 8.97. The first-order valence-electron chi connectivity index (χ1n) is 3.78. The van der Waals surface area contributed by atoms with Gasteiger partial charge in [0.1, 0.15) is 0 Å². The Kier molecular flexibility index (Phi) is 5.06. The van der Waals surface area contributed by atoms with Crippen molar-refractivity contribution in [3.63, 3.8) is 0 Å². The first-order valence-corrected chi connectivity index (χ1v) is 3.78. The molecule has 0 aromatic rings. The van der Waals surface area contributed by atoms with E-state index in [1.165, 1.54) is 0 Å². The van der Waals surface area contributed by atoms with Gasteiger partial charge in [0.15, 0.2) is 0 Å². The van der Waals surface area contributed by atoms with Crippen molar-refractivity contribution in [3.05, 3.63) is 0 Å². The molecule has 0 fully saturated rings. The molecule has 0 heterocycles. The highest BCUT2D eigenvalue weighted by Crippen LogP contribution is 2.11. The second kappa shape index (κ2) is 5.32. The van der Waals surface area contributed by atoms with Gasteiger partial charge in [-0.3, -0.25) is 0 Å². The van der Waals surface area contributed by atoms with E-state index < -0.39 is 0 Å². The van der Waals surface area contributed by atoms with Crippen LogP contribution in [0.5, 0.6) is 0 Å². The van der Waals surface area contributed by atoms with Gasteiger partial charge in [0, 0.05) is 6.42 Å². The molecule has 0 spiro atoms. The van der Waals surface area contributed by atoms with Crippen molar-refractivity contribution in [2.24, 2.45) is 5.92 Å². The van der Waals surface area contributed by atoms with Gasteiger partial charge in [0.05, 0.1) is 6.10 Å². The molecular weight excluding hydrogens is 124 g/mol. The first-order chi connectivity index (χ1) is 4.66. The fourth-order valence-corrected chi connectivity index (χ4v) is 1.03. The van der Waals surface area contributed by atoms with E-state index in [0.29, 0.717) is 5.92 Å². The summed E-state index contributed by atoms with van der Waals surface area (Å²) in [7, 11) is 0. The highest BCUT2D eigenvalue weighted by molar-refractivity contribution is 4.83. The van der Waals surface area contributed by atoms with Crippen molar-refractivity contribution in [2.75, 3.05) is 0 Å². The van der Waals surface area contributed by atoms with Crippen LogP contribution in [0.4, 0.5) is 0 Å². The molecule has 0 saturated heterocycles. The summed E-state index contributed by atoms with van der Waals surface area (Å²) in [5.41, 5.74) is 0. The number of rotatable bonds is 4. The molecule has 0 radical (unpaired) electrons. The second-order valence-electron chi connectivity index (χ2n) is 2.93. The van der Waals surface area contributed by atoms with E-state index in [-0.39, 0.29) is 6.10 Å². The normalized spacial score (nSPS) is 15.8. The quantitative estimate of drug-likeness (QED) is 0.590. The molecule has 0 saturated carbocycles. The molecule has 58 valence electrons. The number of aliphatic hydroxyl groups is 1. The van der Waals surface area contributed by atoms with Crippen LogP contribution in [-0.4, -0.2) is 11.2 Å². The Bertz CT molecular complexity index is 110. The molecule has 0 bridgehead atoms. The minimum Gasteiger partial charge on any atom is -0.393 e. The summed E-state index contributed by atoms with van der Waals surface area (Å²) in [6.45, 7) is 3.93. The third-order valence-corrected chi connectivity index (χ3v) is 1.52. The fourth-order valence-electron chi connectivity index (χ4n) is 1.03. The van der Waals surface area contributed by atoms with E-state index in [4.69, 9.17) is 11.5 Å². The third-order valence-electron chi connectivity index (χ3n) is 1.52. The zero-order valence-corrected chi connectivity index (χ0v) is 6.80. The van der Waals surface area contributed by atoms with E-state index in [9.17, 15) is 0 Å². The zero-order valence-electron chi connectivity index (χ0n) is 6.80. The van der Waals surface area contributed by atoms with Gasteiger partial charge in [-0.15, -0.1) is 12.3 Å². The number of hydrogen-bond acceptors (Lipinski definition) is 1. The maximum Gasteiger partial charge on any atom is 0.0514 e. The fraction of sp³-hybridized carbons (Fsp3) is 0.778. The molecule has 0 aliphatic heterocycles. The zero-order chi connectivity index (χ0) is 7.98. The van der Waals surface area contributed by atoms with Crippen LogP contribution in [0, 0.1) is 18.3 Å². The number of terminal acetylenes is 1. The van der Waals surface area contributed by atoms with Gasteiger partial charge in [-0.05, 0) is 25.7 Å². The Morgan fingerprint density at radius 2 is 2.10 bits per heavy atom. The van der Waals surface area contributed by atoms with E-state index in [1.54, 1.807) is 0 Å². The predicted octanol–water partition coefficient (Wildman–Crippen LogP) is 1.81. The van der Waals surface area contributed by atoms with Crippen LogP contribution in [0.3, 0.4) is 0 Å². The molecule has 1 nitrogen and oxygen atoms in total. The van der Waals surface area contributed by atoms with Gasteiger partial charge in [0.2, 0.25) is 0 Å². The van der Waals surface area contributed by atoms with Crippen molar-refractivity contribution in [1.29, 1.82) is 0 Å². The van der Waals surface area contributed by atoms with Gasteiger partial charge < -0.3 is 5.11 Å². The molecule has 0 aromatic carbocycles. The van der Waals surface area contributed by atoms with Crippen LogP contribution in [0.2, 0.25) is 0 Å². The summed E-state index contributed by atoms with van der Waals surface area (Å²) in [5, 5.41) is 8.97. The van der Waals surface area contributed by atoms with Gasteiger partial charge >= 0.3 is 0 Å². The lowest BCUT2D eigenvalue weighted by molar-refractivity contribution is 0.162. The molecule has 0 rings (SSSR count). The molecule has 2 atom stereocenters. The summed E-state index contributed by atoms with van der Waals surface area (Å²) in [5.74, 6) is 3.14. The average Bonchev–Trinajstić information content (AvgIpc) is 1.82. The van der Waals surface area contributed by atoms with Gasteiger partial charge in [-0.2, -0.15) is 0 Å². The van der Waals surface area contributed by atoms with Crippen LogP contribution in [0.1, 0.15) is 33.1 Å². The standard InChI is InChI=1S/C9H16O/c1-4-5-6-8(2)7-9(3)10/h1,8-10H,5-7H2,2-3H3. The van der Waals surface area contributed by atoms with Crippen molar-refractivity contribution in [2.45, 2.75) is 39.2 Å². The number of hydrogen-bond donors (Lipinski definition) is 1. The third kappa shape index (κ3) is 5.65. The summed E-state index contributed by atoms with van der Waals surface area (Å²) >= 11 is 0. The molecular formula is C9H16O. The molecule has 2 unspecified atom stereocenters. The highest BCUT2D eigenvalue weighted by atomic mass is 16.3. The lowest BCUT2D eigenvalue weighted by Crippen LogP contribution is -2.06. The van der Waals surface area contributed by atoms with Crippen LogP contribution < -0.4 is 0 Å². The number of aliphatic hydroxyl groups excluding tert-OH is 1. The minimum atomic E-state index is -0.187. The Morgan fingerprint density at radius 1 is 1.50 bits per heavy atom. The van der Waals surface area contributed by atoms with Crippen LogP contribution in [0.15, 0.2) is 0 Å². The average molecular weight is 140 g/mol. The van der Waals surface area contributed by atoms with Gasteiger partial charge in [-0.25, -0.2) is 0 Å². The Hall–Kier alpha value is -0.480. The van der Waals surface area contributed by atoms with E-state index >= 15 is 0 Å². The summed E-state index contributed by atoms with van der Waals surface area (Å²) < 4.78 is 0. The van der Waals surface area contributed by atoms with Crippen molar-refractivity contribution < 1.29 is 5.11 Å². The van der Waals surface area contributed by atoms with Crippen molar-refractivity contribution >= 4 is 0 Å². The minimum absolute atomic E-state index is 0.187.